The zero-order chi connectivity index (χ0) is 24.9. The first kappa shape index (κ1) is 24.5. The van der Waals surface area contributed by atoms with Crippen LogP contribution in [-0.2, 0) is 24.3 Å². The molecular formula is C26H27F3N4O2. The Bertz CT molecular complexity index is 1270. The third-order valence-corrected chi connectivity index (χ3v) is 5.71. The summed E-state index contributed by atoms with van der Waals surface area (Å²) in [5, 5.41) is 8.52. The molecule has 0 bridgehead atoms. The molecule has 4 rings (SSSR count). The third-order valence-electron chi connectivity index (χ3n) is 5.71. The summed E-state index contributed by atoms with van der Waals surface area (Å²) in [5.74, 6) is -0.0373. The maximum absolute atomic E-state index is 14.3. The molecule has 2 heterocycles. The minimum Gasteiger partial charge on any atom is -0.480 e. The van der Waals surface area contributed by atoms with E-state index in [1.807, 2.05) is 43.5 Å². The smallest absolute Gasteiger partial charge is 0.282 e. The highest BCUT2D eigenvalue weighted by atomic mass is 19.3. The highest BCUT2D eigenvalue weighted by Crippen LogP contribution is 2.30. The molecular weight excluding hydrogens is 457 g/mol. The molecule has 0 amide bonds. The second kappa shape index (κ2) is 10.8. The Morgan fingerprint density at radius 1 is 1.03 bits per heavy atom. The molecule has 0 saturated heterocycles. The van der Waals surface area contributed by atoms with E-state index in [0.717, 1.165) is 11.1 Å². The molecule has 0 aliphatic heterocycles. The second-order valence-electron chi connectivity index (χ2n) is 8.11. The Balaban J connectivity index is 1.72. The number of benzene rings is 2. The Kier molecular flexibility index (Phi) is 7.55. The Labute approximate surface area is 201 Å². The van der Waals surface area contributed by atoms with E-state index in [1.165, 1.54) is 36.1 Å². The van der Waals surface area contributed by atoms with Crippen molar-refractivity contribution in [2.24, 2.45) is 0 Å². The summed E-state index contributed by atoms with van der Waals surface area (Å²) < 4.78 is 56.1. The molecule has 2 aromatic carbocycles. The van der Waals surface area contributed by atoms with Crippen molar-refractivity contribution in [1.29, 1.82) is 0 Å². The fraction of sp³-hybridized carbons (Fsp3) is 0.308. The van der Waals surface area contributed by atoms with Gasteiger partial charge in [0.2, 0.25) is 5.88 Å². The molecule has 1 atom stereocenters. The van der Waals surface area contributed by atoms with Gasteiger partial charge in [0.25, 0.3) is 6.43 Å². The van der Waals surface area contributed by atoms with Gasteiger partial charge < -0.3 is 9.47 Å². The van der Waals surface area contributed by atoms with E-state index < -0.39 is 18.3 Å². The van der Waals surface area contributed by atoms with Crippen molar-refractivity contribution in [3.8, 4) is 11.6 Å². The van der Waals surface area contributed by atoms with Gasteiger partial charge in [0.15, 0.2) is 0 Å². The summed E-state index contributed by atoms with van der Waals surface area (Å²) in [6.07, 6.45) is -1.22. The zero-order valence-electron chi connectivity index (χ0n) is 19.8. The lowest BCUT2D eigenvalue weighted by Crippen LogP contribution is -2.10. The van der Waals surface area contributed by atoms with Gasteiger partial charge in [-0.2, -0.15) is 5.10 Å². The molecule has 0 spiro atoms. The molecule has 35 heavy (non-hydrogen) atoms. The van der Waals surface area contributed by atoms with E-state index in [2.05, 4.69) is 10.2 Å². The topological polar surface area (TPSA) is 54.1 Å². The van der Waals surface area contributed by atoms with Gasteiger partial charge in [0.1, 0.15) is 11.5 Å². The molecule has 0 fully saturated rings. The minimum absolute atomic E-state index is 0.249. The number of nitrogens with zero attached hydrogens (tertiary/aromatic N) is 4. The van der Waals surface area contributed by atoms with Crippen LogP contribution < -0.4 is 4.74 Å². The molecule has 0 aliphatic carbocycles. The highest BCUT2D eigenvalue weighted by molar-refractivity contribution is 5.45. The first-order chi connectivity index (χ1) is 16.9. The zero-order valence-corrected chi connectivity index (χ0v) is 19.8. The quantitative estimate of drug-likeness (QED) is 0.275. The molecule has 0 radical (unpaired) electrons. The number of hydrogen-bond acceptors (Lipinski definition) is 4. The van der Waals surface area contributed by atoms with Crippen molar-refractivity contribution < 1.29 is 22.6 Å². The largest absolute Gasteiger partial charge is 0.480 e. The van der Waals surface area contributed by atoms with Crippen LogP contribution in [0.15, 0.2) is 60.8 Å². The SMILES string of the molecule is CCn1cc(Cc2cc(C(F)F)nn2-c2ccc(F)cc2[C@@H](C)OCc2ccccc2)c(OC)n1. The van der Waals surface area contributed by atoms with E-state index in [-0.39, 0.29) is 12.1 Å². The molecule has 6 nitrogen and oxygen atoms in total. The van der Waals surface area contributed by atoms with Crippen LogP contribution in [0.3, 0.4) is 0 Å². The van der Waals surface area contributed by atoms with Crippen LogP contribution >= 0.6 is 0 Å². The lowest BCUT2D eigenvalue weighted by molar-refractivity contribution is 0.0522. The second-order valence-corrected chi connectivity index (χ2v) is 8.11. The first-order valence-corrected chi connectivity index (χ1v) is 11.3. The average Bonchev–Trinajstić information content (AvgIpc) is 3.47. The van der Waals surface area contributed by atoms with Crippen LogP contribution in [0, 0.1) is 5.82 Å². The summed E-state index contributed by atoms with van der Waals surface area (Å²) in [7, 11) is 1.51. The van der Waals surface area contributed by atoms with Crippen LogP contribution in [0.5, 0.6) is 5.88 Å². The standard InChI is InChI=1S/C26H27F3N4O2/c1-4-32-15-19(26(31-32)34-3)12-21-14-23(25(28)29)30-33(21)24-11-10-20(27)13-22(24)17(2)35-16-18-8-6-5-7-9-18/h5-11,13-15,17,25H,4,12,16H2,1-3H3/t17-/m1/s1. The summed E-state index contributed by atoms with van der Waals surface area (Å²) in [4.78, 5) is 0. The Hall–Kier alpha value is -3.59. The van der Waals surface area contributed by atoms with E-state index >= 15 is 0 Å². The van der Waals surface area contributed by atoms with Gasteiger partial charge in [-0.15, -0.1) is 5.10 Å². The molecule has 0 N–H and O–H groups in total. The van der Waals surface area contributed by atoms with E-state index in [0.29, 0.717) is 36.0 Å². The van der Waals surface area contributed by atoms with Crippen molar-refractivity contribution in [1.82, 2.24) is 19.6 Å². The summed E-state index contributed by atoms with van der Waals surface area (Å²) in [5.41, 5.74) is 2.80. The van der Waals surface area contributed by atoms with Crippen molar-refractivity contribution in [2.75, 3.05) is 7.11 Å². The molecule has 0 unspecified atom stereocenters. The molecule has 0 saturated carbocycles. The van der Waals surface area contributed by atoms with Crippen molar-refractivity contribution in [3.63, 3.8) is 0 Å². The number of aryl methyl sites for hydroxylation is 1. The van der Waals surface area contributed by atoms with Gasteiger partial charge >= 0.3 is 0 Å². The lowest BCUT2D eigenvalue weighted by atomic mass is 10.1. The number of alkyl halides is 2. The molecule has 4 aromatic rings. The van der Waals surface area contributed by atoms with Gasteiger partial charge in [-0.1, -0.05) is 30.3 Å². The van der Waals surface area contributed by atoms with Gasteiger partial charge in [0, 0.05) is 36.0 Å². The summed E-state index contributed by atoms with van der Waals surface area (Å²) >= 11 is 0. The predicted octanol–water partition coefficient (Wildman–Crippen LogP) is 6.04. The fourth-order valence-electron chi connectivity index (χ4n) is 3.91. The van der Waals surface area contributed by atoms with Gasteiger partial charge in [-0.05, 0) is 43.7 Å². The van der Waals surface area contributed by atoms with Gasteiger partial charge in [0.05, 0.1) is 25.5 Å². The van der Waals surface area contributed by atoms with E-state index in [9.17, 15) is 13.2 Å². The van der Waals surface area contributed by atoms with Gasteiger partial charge in [-0.3, -0.25) is 4.68 Å². The summed E-state index contributed by atoms with van der Waals surface area (Å²) in [6.45, 7) is 4.69. The number of ether oxygens (including phenoxy) is 2. The monoisotopic (exact) mass is 484 g/mol. The van der Waals surface area contributed by atoms with Crippen LogP contribution in [0.1, 0.15) is 54.5 Å². The summed E-state index contributed by atoms with van der Waals surface area (Å²) in [6, 6.07) is 15.1. The number of hydrogen-bond donors (Lipinski definition) is 0. The predicted molar refractivity (Wildman–Crippen MR) is 125 cm³/mol. The molecule has 9 heteroatoms. The van der Waals surface area contributed by atoms with Crippen LogP contribution in [0.4, 0.5) is 13.2 Å². The van der Waals surface area contributed by atoms with Crippen LogP contribution in [0.25, 0.3) is 5.69 Å². The van der Waals surface area contributed by atoms with Crippen molar-refractivity contribution >= 4 is 0 Å². The van der Waals surface area contributed by atoms with Crippen molar-refractivity contribution in [3.05, 3.63) is 94.7 Å². The lowest BCUT2D eigenvalue weighted by Gasteiger charge is -2.19. The Morgan fingerprint density at radius 3 is 2.49 bits per heavy atom. The highest BCUT2D eigenvalue weighted by Gasteiger charge is 2.22. The Morgan fingerprint density at radius 2 is 1.80 bits per heavy atom. The van der Waals surface area contributed by atoms with Crippen LogP contribution in [0.2, 0.25) is 0 Å². The number of methoxy groups -OCH3 is 1. The maximum Gasteiger partial charge on any atom is 0.282 e. The van der Waals surface area contributed by atoms with Gasteiger partial charge in [-0.25, -0.2) is 17.9 Å². The minimum atomic E-state index is -2.76. The number of aromatic nitrogens is 4. The fourth-order valence-corrected chi connectivity index (χ4v) is 3.91. The molecule has 184 valence electrons. The number of rotatable bonds is 10. The maximum atomic E-state index is 14.3. The van der Waals surface area contributed by atoms with E-state index in [4.69, 9.17) is 9.47 Å². The normalized spacial score (nSPS) is 12.3. The third kappa shape index (κ3) is 5.57. The first-order valence-electron chi connectivity index (χ1n) is 11.3. The van der Waals surface area contributed by atoms with Crippen LogP contribution in [-0.4, -0.2) is 26.7 Å². The average molecular weight is 485 g/mol. The van der Waals surface area contributed by atoms with Crippen molar-refractivity contribution in [2.45, 2.75) is 45.9 Å². The molecule has 0 aliphatic rings. The molecule has 2 aromatic heterocycles. The van der Waals surface area contributed by atoms with E-state index in [1.54, 1.807) is 11.6 Å². The number of halogens is 3.